The van der Waals surface area contributed by atoms with Crippen molar-refractivity contribution in [1.29, 1.82) is 0 Å². The maximum atomic E-state index is 12.3. The van der Waals surface area contributed by atoms with Crippen LogP contribution in [0.5, 0.6) is 11.5 Å². The van der Waals surface area contributed by atoms with Crippen LogP contribution in [0.25, 0.3) is 10.8 Å². The van der Waals surface area contributed by atoms with Gasteiger partial charge in [-0.15, -0.1) is 0 Å². The van der Waals surface area contributed by atoms with Crippen LogP contribution in [0, 0.1) is 13.8 Å². The highest BCUT2D eigenvalue weighted by Crippen LogP contribution is 2.40. The third-order valence-electron chi connectivity index (χ3n) is 5.97. The summed E-state index contributed by atoms with van der Waals surface area (Å²) in [5, 5.41) is 1.35. The Balaban J connectivity index is 2.05. The quantitative estimate of drug-likeness (QED) is 0.156. The van der Waals surface area contributed by atoms with E-state index in [1.807, 2.05) is 38.1 Å². The molecular weight excluding hydrogens is 432 g/mol. The molecule has 2 aromatic carbocycles. The lowest BCUT2D eigenvalue weighted by Crippen LogP contribution is -2.15. The fourth-order valence-electron chi connectivity index (χ4n) is 3.83. The molecule has 0 saturated carbocycles. The van der Waals surface area contributed by atoms with E-state index in [0.29, 0.717) is 46.6 Å². The van der Waals surface area contributed by atoms with Crippen LogP contribution >= 0.6 is 0 Å². The fourth-order valence-corrected chi connectivity index (χ4v) is 3.83. The molecule has 0 amide bonds. The van der Waals surface area contributed by atoms with Gasteiger partial charge in [-0.25, -0.2) is 9.59 Å². The summed E-state index contributed by atoms with van der Waals surface area (Å²) in [6, 6.07) is 7.37. The molecule has 0 aliphatic carbocycles. The highest BCUT2D eigenvalue weighted by Gasteiger charge is 2.21. The SMILES string of the molecule is CCCCCCCOC(=O)Oc1c(C)c(C)c(OC(=O)OCCCCCCC)c2ccccc12. The van der Waals surface area contributed by atoms with E-state index >= 15 is 0 Å². The predicted molar refractivity (Wildman–Crippen MR) is 135 cm³/mol. The topological polar surface area (TPSA) is 71.1 Å². The number of unbranched alkanes of at least 4 members (excludes halogenated alkanes) is 8. The number of hydrogen-bond acceptors (Lipinski definition) is 6. The van der Waals surface area contributed by atoms with Gasteiger partial charge in [-0.2, -0.15) is 0 Å². The molecule has 2 aromatic rings. The molecule has 0 saturated heterocycles. The zero-order valence-electron chi connectivity index (χ0n) is 21.2. The highest BCUT2D eigenvalue weighted by molar-refractivity contribution is 5.98. The lowest BCUT2D eigenvalue weighted by Gasteiger charge is -2.17. The van der Waals surface area contributed by atoms with Crippen molar-refractivity contribution in [3.05, 3.63) is 35.4 Å². The van der Waals surface area contributed by atoms with Gasteiger partial charge in [0.2, 0.25) is 0 Å². The molecule has 0 aliphatic rings. The average Bonchev–Trinajstić information content (AvgIpc) is 2.84. The molecular formula is C28H40O6. The second-order valence-corrected chi connectivity index (χ2v) is 8.68. The van der Waals surface area contributed by atoms with E-state index < -0.39 is 12.3 Å². The van der Waals surface area contributed by atoms with Crippen LogP contribution in [0.1, 0.15) is 89.2 Å². The van der Waals surface area contributed by atoms with Crippen LogP contribution in [-0.4, -0.2) is 25.5 Å². The van der Waals surface area contributed by atoms with Crippen LogP contribution in [-0.2, 0) is 9.47 Å². The first-order chi connectivity index (χ1) is 16.5. The molecule has 0 aliphatic heterocycles. The van der Waals surface area contributed by atoms with Crippen molar-refractivity contribution in [3.63, 3.8) is 0 Å². The molecule has 0 fully saturated rings. The van der Waals surface area contributed by atoms with Crippen molar-refractivity contribution in [2.75, 3.05) is 13.2 Å². The average molecular weight is 473 g/mol. The third-order valence-corrected chi connectivity index (χ3v) is 5.97. The van der Waals surface area contributed by atoms with Crippen molar-refractivity contribution in [2.24, 2.45) is 0 Å². The van der Waals surface area contributed by atoms with Crippen molar-refractivity contribution < 1.29 is 28.5 Å². The van der Waals surface area contributed by atoms with E-state index in [1.54, 1.807) is 0 Å². The van der Waals surface area contributed by atoms with Gasteiger partial charge in [0.05, 0.1) is 13.2 Å². The molecule has 0 radical (unpaired) electrons. The molecule has 0 unspecified atom stereocenters. The lowest BCUT2D eigenvalue weighted by atomic mass is 9.99. The summed E-state index contributed by atoms with van der Waals surface area (Å²) in [5.41, 5.74) is 1.42. The number of benzene rings is 2. The maximum Gasteiger partial charge on any atom is 0.513 e. The van der Waals surface area contributed by atoms with Crippen molar-refractivity contribution in [2.45, 2.75) is 91.9 Å². The van der Waals surface area contributed by atoms with Crippen molar-refractivity contribution in [3.8, 4) is 11.5 Å². The molecule has 188 valence electrons. The van der Waals surface area contributed by atoms with Crippen LogP contribution in [0.3, 0.4) is 0 Å². The fraction of sp³-hybridized carbons (Fsp3) is 0.571. The van der Waals surface area contributed by atoms with E-state index in [4.69, 9.17) is 18.9 Å². The van der Waals surface area contributed by atoms with Gasteiger partial charge in [-0.3, -0.25) is 0 Å². The predicted octanol–water partition coefficient (Wildman–Crippen LogP) is 8.43. The van der Waals surface area contributed by atoms with Gasteiger partial charge in [0.15, 0.2) is 0 Å². The molecule has 34 heavy (non-hydrogen) atoms. The first-order valence-corrected chi connectivity index (χ1v) is 12.7. The minimum absolute atomic E-state index is 0.337. The van der Waals surface area contributed by atoms with Crippen molar-refractivity contribution >= 4 is 23.1 Å². The second-order valence-electron chi connectivity index (χ2n) is 8.68. The van der Waals surface area contributed by atoms with E-state index in [-0.39, 0.29) is 0 Å². The Morgan fingerprint density at radius 1 is 0.618 bits per heavy atom. The van der Waals surface area contributed by atoms with Gasteiger partial charge in [0.25, 0.3) is 0 Å². The van der Waals surface area contributed by atoms with Crippen LogP contribution in [0.2, 0.25) is 0 Å². The van der Waals surface area contributed by atoms with Gasteiger partial charge >= 0.3 is 12.3 Å². The Bertz CT molecular complexity index is 846. The normalized spacial score (nSPS) is 10.8. The van der Waals surface area contributed by atoms with Gasteiger partial charge < -0.3 is 18.9 Å². The number of rotatable bonds is 14. The number of ether oxygens (including phenoxy) is 4. The van der Waals surface area contributed by atoms with Crippen molar-refractivity contribution in [1.82, 2.24) is 0 Å². The summed E-state index contributed by atoms with van der Waals surface area (Å²) in [6.07, 6.45) is 9.26. The summed E-state index contributed by atoms with van der Waals surface area (Å²) >= 11 is 0. The number of carbonyl (C=O) groups excluding carboxylic acids is 2. The Morgan fingerprint density at radius 2 is 1.00 bits per heavy atom. The van der Waals surface area contributed by atoms with Crippen LogP contribution in [0.15, 0.2) is 24.3 Å². The number of carbonyl (C=O) groups is 2. The standard InChI is InChI=1S/C28H40O6/c1-5-7-9-11-15-19-31-27(29)33-25-21(3)22(4)26(24-18-14-13-17-23(24)25)34-28(30)32-20-16-12-10-8-6-2/h13-14,17-18H,5-12,15-16,19-20H2,1-4H3. The molecule has 0 heterocycles. The molecule has 0 spiro atoms. The molecule has 0 bridgehead atoms. The summed E-state index contributed by atoms with van der Waals surface area (Å²) in [7, 11) is 0. The molecule has 6 heteroatoms. The number of fused-ring (bicyclic) bond motifs is 1. The zero-order valence-corrected chi connectivity index (χ0v) is 21.2. The molecule has 0 atom stereocenters. The molecule has 6 nitrogen and oxygen atoms in total. The van der Waals surface area contributed by atoms with E-state index in [9.17, 15) is 9.59 Å². The Hall–Kier alpha value is -2.76. The van der Waals surface area contributed by atoms with Gasteiger partial charge in [0, 0.05) is 10.8 Å². The highest BCUT2D eigenvalue weighted by atomic mass is 16.7. The van der Waals surface area contributed by atoms with Gasteiger partial charge in [-0.1, -0.05) is 89.5 Å². The maximum absolute atomic E-state index is 12.3. The van der Waals surface area contributed by atoms with E-state index in [1.165, 1.54) is 25.7 Å². The van der Waals surface area contributed by atoms with Gasteiger partial charge in [0.1, 0.15) is 11.5 Å². The largest absolute Gasteiger partial charge is 0.513 e. The first kappa shape index (κ1) is 27.5. The molecule has 2 rings (SSSR count). The summed E-state index contributed by atoms with van der Waals surface area (Å²) < 4.78 is 21.8. The summed E-state index contributed by atoms with van der Waals surface area (Å²) in [6.45, 7) is 8.67. The lowest BCUT2D eigenvalue weighted by molar-refractivity contribution is 0.0954. The summed E-state index contributed by atoms with van der Waals surface area (Å²) in [4.78, 5) is 24.7. The minimum atomic E-state index is -0.723. The Labute approximate surface area is 203 Å². The molecule has 0 aromatic heterocycles. The Kier molecular flexibility index (Phi) is 12.3. The molecule has 0 N–H and O–H groups in total. The monoisotopic (exact) mass is 472 g/mol. The van der Waals surface area contributed by atoms with Crippen LogP contribution in [0.4, 0.5) is 9.59 Å². The third kappa shape index (κ3) is 8.54. The second kappa shape index (κ2) is 15.2. The number of hydrogen-bond donors (Lipinski definition) is 0. The van der Waals surface area contributed by atoms with E-state index in [0.717, 1.165) is 38.5 Å². The van der Waals surface area contributed by atoms with Crippen LogP contribution < -0.4 is 9.47 Å². The van der Waals surface area contributed by atoms with Gasteiger partial charge in [-0.05, 0) is 37.8 Å². The van der Waals surface area contributed by atoms with E-state index in [2.05, 4.69) is 13.8 Å². The Morgan fingerprint density at radius 3 is 1.38 bits per heavy atom. The zero-order chi connectivity index (χ0) is 24.8. The minimum Gasteiger partial charge on any atom is -0.434 e. The first-order valence-electron chi connectivity index (χ1n) is 12.7. The smallest absolute Gasteiger partial charge is 0.434 e. The summed E-state index contributed by atoms with van der Waals surface area (Å²) in [5.74, 6) is 0.835.